The molecule has 0 spiro atoms. The second-order valence-electron chi connectivity index (χ2n) is 4.81. The first-order valence-electron chi connectivity index (χ1n) is 6.86. The third kappa shape index (κ3) is 3.86. The zero-order chi connectivity index (χ0) is 11.9. The largest absolute Gasteiger partial charge is 0.377 e. The van der Waals surface area contributed by atoms with E-state index in [0.29, 0.717) is 6.10 Å². The van der Waals surface area contributed by atoms with Crippen LogP contribution in [0.2, 0.25) is 0 Å². The van der Waals surface area contributed by atoms with Crippen LogP contribution in [0, 0.1) is 0 Å². The lowest BCUT2D eigenvalue weighted by Crippen LogP contribution is -2.31. The molecule has 1 aromatic heterocycles. The lowest BCUT2D eigenvalue weighted by atomic mass is 10.1. The number of hydrogen-bond acceptors (Lipinski definition) is 2. The Kier molecular flexibility index (Phi) is 5.08. The van der Waals surface area contributed by atoms with Crippen molar-refractivity contribution in [1.29, 1.82) is 0 Å². The minimum absolute atomic E-state index is 0.429. The first-order chi connectivity index (χ1) is 8.40. The zero-order valence-corrected chi connectivity index (χ0v) is 10.8. The highest BCUT2D eigenvalue weighted by Gasteiger charge is 2.13. The van der Waals surface area contributed by atoms with Crippen LogP contribution in [0.3, 0.4) is 0 Å². The third-order valence-corrected chi connectivity index (χ3v) is 3.34. The van der Waals surface area contributed by atoms with Crippen LogP contribution >= 0.6 is 0 Å². The molecule has 0 saturated carbocycles. The predicted molar refractivity (Wildman–Crippen MR) is 70.0 cm³/mol. The number of ether oxygens (including phenoxy) is 1. The molecule has 1 fully saturated rings. The van der Waals surface area contributed by atoms with E-state index in [1.807, 2.05) is 0 Å². The Labute approximate surface area is 104 Å². The van der Waals surface area contributed by atoms with Crippen LogP contribution in [0.15, 0.2) is 18.3 Å². The Morgan fingerprint density at radius 3 is 3.18 bits per heavy atom. The molecule has 0 bridgehead atoms. The Hall–Kier alpha value is -0.800. The van der Waals surface area contributed by atoms with Gasteiger partial charge in [-0.3, -0.25) is 0 Å². The number of nitrogens with zero attached hydrogens (tertiary/aromatic N) is 1. The summed E-state index contributed by atoms with van der Waals surface area (Å²) in [5.41, 5.74) is 1.38. The SMILES string of the molecule is CCCn1cccc1CNCC1CCCCO1. The molecule has 0 radical (unpaired) electrons. The van der Waals surface area contributed by atoms with Crippen LogP contribution in [0.4, 0.5) is 0 Å². The Morgan fingerprint density at radius 1 is 1.47 bits per heavy atom. The summed E-state index contributed by atoms with van der Waals surface area (Å²) in [6.45, 7) is 6.21. The van der Waals surface area contributed by atoms with E-state index in [1.54, 1.807) is 0 Å². The summed E-state index contributed by atoms with van der Waals surface area (Å²) in [5, 5.41) is 3.51. The molecule has 96 valence electrons. The first-order valence-corrected chi connectivity index (χ1v) is 6.86. The van der Waals surface area contributed by atoms with E-state index in [0.717, 1.165) is 26.2 Å². The van der Waals surface area contributed by atoms with Gasteiger partial charge in [-0.2, -0.15) is 0 Å². The highest BCUT2D eigenvalue weighted by molar-refractivity contribution is 5.06. The fraction of sp³-hybridized carbons (Fsp3) is 0.714. The second-order valence-corrected chi connectivity index (χ2v) is 4.81. The molecule has 2 rings (SSSR count). The van der Waals surface area contributed by atoms with Gasteiger partial charge in [0.1, 0.15) is 0 Å². The van der Waals surface area contributed by atoms with E-state index < -0.39 is 0 Å². The number of nitrogens with one attached hydrogen (secondary N) is 1. The normalized spacial score (nSPS) is 20.6. The molecule has 17 heavy (non-hydrogen) atoms. The summed E-state index contributed by atoms with van der Waals surface area (Å²) in [5.74, 6) is 0. The molecular weight excluding hydrogens is 212 g/mol. The third-order valence-electron chi connectivity index (χ3n) is 3.34. The molecule has 1 atom stereocenters. The molecule has 1 aromatic rings. The van der Waals surface area contributed by atoms with Crippen LogP contribution in [-0.4, -0.2) is 23.8 Å². The topological polar surface area (TPSA) is 26.2 Å². The van der Waals surface area contributed by atoms with Crippen molar-refractivity contribution in [2.75, 3.05) is 13.2 Å². The molecule has 0 amide bonds. The van der Waals surface area contributed by atoms with E-state index in [-0.39, 0.29) is 0 Å². The molecule has 0 aliphatic carbocycles. The molecule has 1 aliphatic heterocycles. The Balaban J connectivity index is 1.71. The number of aromatic nitrogens is 1. The lowest BCUT2D eigenvalue weighted by Gasteiger charge is -2.23. The minimum Gasteiger partial charge on any atom is -0.377 e. The number of rotatable bonds is 6. The van der Waals surface area contributed by atoms with Gasteiger partial charge in [0.25, 0.3) is 0 Å². The fourth-order valence-electron chi connectivity index (χ4n) is 2.40. The van der Waals surface area contributed by atoms with Gasteiger partial charge in [-0.1, -0.05) is 6.92 Å². The van der Waals surface area contributed by atoms with Crippen molar-refractivity contribution < 1.29 is 4.74 Å². The van der Waals surface area contributed by atoms with Gasteiger partial charge in [-0.05, 0) is 37.8 Å². The van der Waals surface area contributed by atoms with Crippen LogP contribution in [0.1, 0.15) is 38.3 Å². The van der Waals surface area contributed by atoms with Crippen molar-refractivity contribution >= 4 is 0 Å². The summed E-state index contributed by atoms with van der Waals surface area (Å²) in [7, 11) is 0. The predicted octanol–water partition coefficient (Wildman–Crippen LogP) is 2.56. The average Bonchev–Trinajstić information content (AvgIpc) is 2.79. The molecule has 2 heterocycles. The van der Waals surface area contributed by atoms with E-state index in [2.05, 4.69) is 35.1 Å². The standard InChI is InChI=1S/C14H24N2O/c1-2-8-16-9-5-6-13(16)11-15-12-14-7-3-4-10-17-14/h5-6,9,14-15H,2-4,7-8,10-12H2,1H3. The van der Waals surface area contributed by atoms with Gasteiger partial charge >= 0.3 is 0 Å². The molecule has 1 aliphatic rings. The number of hydrogen-bond donors (Lipinski definition) is 1. The van der Waals surface area contributed by atoms with Gasteiger partial charge < -0.3 is 14.6 Å². The average molecular weight is 236 g/mol. The molecular formula is C14H24N2O. The molecule has 3 nitrogen and oxygen atoms in total. The smallest absolute Gasteiger partial charge is 0.0699 e. The van der Waals surface area contributed by atoms with E-state index in [4.69, 9.17) is 4.74 Å². The molecule has 3 heteroatoms. The molecule has 1 saturated heterocycles. The van der Waals surface area contributed by atoms with Crippen molar-refractivity contribution in [2.45, 2.75) is 51.8 Å². The van der Waals surface area contributed by atoms with E-state index in [1.165, 1.54) is 31.4 Å². The number of aryl methyl sites for hydroxylation is 1. The highest BCUT2D eigenvalue weighted by atomic mass is 16.5. The van der Waals surface area contributed by atoms with Gasteiger partial charge in [0.15, 0.2) is 0 Å². The fourth-order valence-corrected chi connectivity index (χ4v) is 2.40. The van der Waals surface area contributed by atoms with Crippen LogP contribution in [0.5, 0.6) is 0 Å². The van der Waals surface area contributed by atoms with Crippen molar-refractivity contribution in [3.05, 3.63) is 24.0 Å². The van der Waals surface area contributed by atoms with Gasteiger partial charge in [-0.25, -0.2) is 0 Å². The van der Waals surface area contributed by atoms with Crippen molar-refractivity contribution in [1.82, 2.24) is 9.88 Å². The maximum absolute atomic E-state index is 5.71. The maximum atomic E-state index is 5.71. The summed E-state index contributed by atoms with van der Waals surface area (Å²) in [4.78, 5) is 0. The summed E-state index contributed by atoms with van der Waals surface area (Å²) >= 11 is 0. The van der Waals surface area contributed by atoms with Crippen LogP contribution in [-0.2, 0) is 17.8 Å². The summed E-state index contributed by atoms with van der Waals surface area (Å²) < 4.78 is 8.03. The van der Waals surface area contributed by atoms with Gasteiger partial charge in [0, 0.05) is 38.1 Å². The quantitative estimate of drug-likeness (QED) is 0.821. The van der Waals surface area contributed by atoms with Crippen LogP contribution in [0.25, 0.3) is 0 Å². The lowest BCUT2D eigenvalue weighted by molar-refractivity contribution is 0.0167. The second kappa shape index (κ2) is 6.82. The van der Waals surface area contributed by atoms with Gasteiger partial charge in [0.05, 0.1) is 6.10 Å². The molecule has 1 unspecified atom stereocenters. The van der Waals surface area contributed by atoms with Crippen molar-refractivity contribution in [3.63, 3.8) is 0 Å². The molecule has 1 N–H and O–H groups in total. The van der Waals surface area contributed by atoms with Gasteiger partial charge in [0.2, 0.25) is 0 Å². The van der Waals surface area contributed by atoms with Gasteiger partial charge in [-0.15, -0.1) is 0 Å². The minimum atomic E-state index is 0.429. The molecule has 0 aromatic carbocycles. The summed E-state index contributed by atoms with van der Waals surface area (Å²) in [6, 6.07) is 4.33. The Morgan fingerprint density at radius 2 is 2.41 bits per heavy atom. The van der Waals surface area contributed by atoms with E-state index in [9.17, 15) is 0 Å². The monoisotopic (exact) mass is 236 g/mol. The van der Waals surface area contributed by atoms with E-state index >= 15 is 0 Å². The first kappa shape index (κ1) is 12.7. The van der Waals surface area contributed by atoms with Crippen molar-refractivity contribution in [2.24, 2.45) is 0 Å². The zero-order valence-electron chi connectivity index (χ0n) is 10.8. The highest BCUT2D eigenvalue weighted by Crippen LogP contribution is 2.12. The summed E-state index contributed by atoms with van der Waals surface area (Å²) in [6.07, 6.45) is 7.54. The Bertz CT molecular complexity index is 316. The maximum Gasteiger partial charge on any atom is 0.0699 e. The van der Waals surface area contributed by atoms with Crippen molar-refractivity contribution in [3.8, 4) is 0 Å². The van der Waals surface area contributed by atoms with Crippen LogP contribution < -0.4 is 5.32 Å².